The first-order valence-corrected chi connectivity index (χ1v) is 6.90. The van der Waals surface area contributed by atoms with Gasteiger partial charge in [-0.25, -0.2) is 0 Å². The highest BCUT2D eigenvalue weighted by molar-refractivity contribution is 5.36. The Morgan fingerprint density at radius 2 is 1.88 bits per heavy atom. The molecule has 1 aromatic carbocycles. The van der Waals surface area contributed by atoms with E-state index in [1.165, 1.54) is 24.8 Å². The van der Waals surface area contributed by atoms with Gasteiger partial charge in [0.1, 0.15) is 5.75 Å². The number of rotatable bonds is 6. The summed E-state index contributed by atoms with van der Waals surface area (Å²) >= 11 is 0. The van der Waals surface area contributed by atoms with Crippen LogP contribution in [-0.2, 0) is 5.41 Å². The Hall–Kier alpha value is -0.980. The van der Waals surface area contributed by atoms with Crippen LogP contribution in [0.1, 0.15) is 52.0 Å². The fraction of sp³-hybridized carbons (Fsp3) is 0.625. The molecule has 0 amide bonds. The zero-order chi connectivity index (χ0) is 12.3. The van der Waals surface area contributed by atoms with E-state index < -0.39 is 0 Å². The first-order valence-electron chi connectivity index (χ1n) is 6.90. The summed E-state index contributed by atoms with van der Waals surface area (Å²) in [4.78, 5) is 0. The van der Waals surface area contributed by atoms with E-state index in [1.807, 2.05) is 0 Å². The van der Waals surface area contributed by atoms with Crippen LogP contribution in [0.5, 0.6) is 5.75 Å². The molecule has 1 fully saturated rings. The standard InChI is InChI=1S/C16H24O/c1-4-5-6-11-17-15-9-7-14(8-10-15)16(3)12-13(16)2/h7-10,13H,4-6,11-12H2,1-3H3. The molecule has 2 atom stereocenters. The van der Waals surface area contributed by atoms with Crippen molar-refractivity contribution in [1.82, 2.24) is 0 Å². The molecule has 0 aromatic heterocycles. The Bertz CT molecular complexity index is 354. The number of hydrogen-bond donors (Lipinski definition) is 0. The molecule has 1 saturated carbocycles. The summed E-state index contributed by atoms with van der Waals surface area (Å²) in [6.07, 6.45) is 4.99. The minimum atomic E-state index is 0.431. The Kier molecular flexibility index (Phi) is 3.76. The van der Waals surface area contributed by atoms with Crippen LogP contribution in [0.15, 0.2) is 24.3 Å². The van der Waals surface area contributed by atoms with Crippen molar-refractivity contribution < 1.29 is 4.74 Å². The van der Waals surface area contributed by atoms with E-state index in [2.05, 4.69) is 45.0 Å². The van der Waals surface area contributed by atoms with Crippen molar-refractivity contribution in [2.24, 2.45) is 5.92 Å². The van der Waals surface area contributed by atoms with Crippen molar-refractivity contribution in [3.63, 3.8) is 0 Å². The van der Waals surface area contributed by atoms with Crippen LogP contribution in [-0.4, -0.2) is 6.61 Å². The number of hydrogen-bond acceptors (Lipinski definition) is 1. The Labute approximate surface area is 105 Å². The summed E-state index contributed by atoms with van der Waals surface area (Å²) in [5.74, 6) is 1.85. The average molecular weight is 232 g/mol. The van der Waals surface area contributed by atoms with Gasteiger partial charge in [0.25, 0.3) is 0 Å². The maximum absolute atomic E-state index is 5.72. The van der Waals surface area contributed by atoms with E-state index in [4.69, 9.17) is 4.74 Å². The van der Waals surface area contributed by atoms with Gasteiger partial charge in [0, 0.05) is 0 Å². The van der Waals surface area contributed by atoms with Gasteiger partial charge >= 0.3 is 0 Å². The van der Waals surface area contributed by atoms with E-state index in [9.17, 15) is 0 Å². The highest BCUT2D eigenvalue weighted by Gasteiger charge is 2.47. The molecule has 0 radical (unpaired) electrons. The van der Waals surface area contributed by atoms with Crippen LogP contribution >= 0.6 is 0 Å². The summed E-state index contributed by atoms with van der Waals surface area (Å²) in [7, 11) is 0. The fourth-order valence-electron chi connectivity index (χ4n) is 2.45. The lowest BCUT2D eigenvalue weighted by atomic mass is 9.96. The monoisotopic (exact) mass is 232 g/mol. The highest BCUT2D eigenvalue weighted by Crippen LogP contribution is 2.53. The van der Waals surface area contributed by atoms with Gasteiger partial charge < -0.3 is 4.74 Å². The van der Waals surface area contributed by atoms with Gasteiger partial charge in [-0.15, -0.1) is 0 Å². The maximum atomic E-state index is 5.72. The van der Waals surface area contributed by atoms with E-state index in [0.717, 1.165) is 24.7 Å². The van der Waals surface area contributed by atoms with Crippen LogP contribution < -0.4 is 4.74 Å². The van der Waals surface area contributed by atoms with Gasteiger partial charge in [0.05, 0.1) is 6.61 Å². The first kappa shape index (κ1) is 12.5. The molecule has 0 saturated heterocycles. The molecule has 0 aliphatic heterocycles. The third-order valence-electron chi connectivity index (χ3n) is 4.19. The summed E-state index contributed by atoms with van der Waals surface area (Å²) in [5.41, 5.74) is 1.90. The molecule has 0 N–H and O–H groups in total. The number of ether oxygens (including phenoxy) is 1. The normalized spacial score (nSPS) is 26.9. The molecule has 17 heavy (non-hydrogen) atoms. The van der Waals surface area contributed by atoms with E-state index in [0.29, 0.717) is 5.41 Å². The summed E-state index contributed by atoms with van der Waals surface area (Å²) in [6, 6.07) is 8.71. The van der Waals surface area contributed by atoms with Gasteiger partial charge in [-0.3, -0.25) is 0 Å². The van der Waals surface area contributed by atoms with Crippen LogP contribution in [0.4, 0.5) is 0 Å². The second-order valence-corrected chi connectivity index (χ2v) is 5.60. The first-order chi connectivity index (χ1) is 8.16. The van der Waals surface area contributed by atoms with Gasteiger partial charge in [-0.2, -0.15) is 0 Å². The molecule has 0 spiro atoms. The summed E-state index contributed by atoms with van der Waals surface area (Å²) in [5, 5.41) is 0. The second kappa shape index (κ2) is 5.12. The average Bonchev–Trinajstić information content (AvgIpc) is 2.95. The molecular weight excluding hydrogens is 208 g/mol. The van der Waals surface area contributed by atoms with Crippen molar-refractivity contribution in [3.05, 3.63) is 29.8 Å². The van der Waals surface area contributed by atoms with Crippen LogP contribution in [0.3, 0.4) is 0 Å². The van der Waals surface area contributed by atoms with Crippen LogP contribution in [0, 0.1) is 5.92 Å². The molecule has 1 aliphatic carbocycles. The number of benzene rings is 1. The fourth-order valence-corrected chi connectivity index (χ4v) is 2.45. The molecule has 1 aliphatic rings. The SMILES string of the molecule is CCCCCOc1ccc(C2(C)CC2C)cc1. The molecule has 1 heteroatoms. The van der Waals surface area contributed by atoms with Crippen molar-refractivity contribution >= 4 is 0 Å². The summed E-state index contributed by atoms with van der Waals surface area (Å²) in [6.45, 7) is 7.75. The Balaban J connectivity index is 1.86. The van der Waals surface area contributed by atoms with Crippen molar-refractivity contribution in [3.8, 4) is 5.75 Å². The molecule has 1 aromatic rings. The molecular formula is C16H24O. The van der Waals surface area contributed by atoms with E-state index in [-0.39, 0.29) is 0 Å². The maximum Gasteiger partial charge on any atom is 0.119 e. The van der Waals surface area contributed by atoms with Crippen LogP contribution in [0.2, 0.25) is 0 Å². The lowest BCUT2D eigenvalue weighted by Crippen LogP contribution is -2.03. The highest BCUT2D eigenvalue weighted by atomic mass is 16.5. The second-order valence-electron chi connectivity index (χ2n) is 5.60. The molecule has 1 nitrogen and oxygen atoms in total. The predicted octanol–water partition coefficient (Wildman–Crippen LogP) is 4.55. The minimum Gasteiger partial charge on any atom is -0.494 e. The van der Waals surface area contributed by atoms with Crippen molar-refractivity contribution in [2.45, 2.75) is 51.9 Å². The van der Waals surface area contributed by atoms with E-state index in [1.54, 1.807) is 0 Å². The van der Waals surface area contributed by atoms with Crippen LogP contribution in [0.25, 0.3) is 0 Å². The third-order valence-corrected chi connectivity index (χ3v) is 4.19. The van der Waals surface area contributed by atoms with Gasteiger partial charge in [0.2, 0.25) is 0 Å². The topological polar surface area (TPSA) is 9.23 Å². The lowest BCUT2D eigenvalue weighted by molar-refractivity contribution is 0.306. The third kappa shape index (κ3) is 2.83. The van der Waals surface area contributed by atoms with Gasteiger partial charge in [-0.05, 0) is 41.9 Å². The molecule has 94 valence electrons. The molecule has 0 heterocycles. The Morgan fingerprint density at radius 1 is 1.24 bits per heavy atom. The largest absolute Gasteiger partial charge is 0.494 e. The Morgan fingerprint density at radius 3 is 2.41 bits per heavy atom. The minimum absolute atomic E-state index is 0.431. The van der Waals surface area contributed by atoms with Gasteiger partial charge in [-0.1, -0.05) is 45.7 Å². The lowest BCUT2D eigenvalue weighted by Gasteiger charge is -2.12. The van der Waals surface area contributed by atoms with Gasteiger partial charge in [0.15, 0.2) is 0 Å². The quantitative estimate of drug-likeness (QED) is 0.654. The number of unbranched alkanes of at least 4 members (excludes halogenated alkanes) is 2. The zero-order valence-electron chi connectivity index (χ0n) is 11.3. The molecule has 0 bridgehead atoms. The zero-order valence-corrected chi connectivity index (χ0v) is 11.3. The smallest absolute Gasteiger partial charge is 0.119 e. The van der Waals surface area contributed by atoms with Crippen molar-refractivity contribution in [2.75, 3.05) is 6.61 Å². The molecule has 2 rings (SSSR count). The predicted molar refractivity (Wildman–Crippen MR) is 72.6 cm³/mol. The van der Waals surface area contributed by atoms with E-state index >= 15 is 0 Å². The molecule has 2 unspecified atom stereocenters. The summed E-state index contributed by atoms with van der Waals surface area (Å²) < 4.78 is 5.72. The van der Waals surface area contributed by atoms with Crippen molar-refractivity contribution in [1.29, 1.82) is 0 Å².